The fraction of sp³-hybridized carbons (Fsp3) is 1.00. The molecule has 5 unspecified atom stereocenters. The molecule has 1 heteroatoms. The zero-order chi connectivity index (χ0) is 9.97. The largest absolute Gasteiger partial charge is 0.392 e. The van der Waals surface area contributed by atoms with E-state index in [9.17, 15) is 5.11 Å². The monoisotopic (exact) mass is 194 g/mol. The molecule has 5 saturated carbocycles. The van der Waals surface area contributed by atoms with Gasteiger partial charge in [0.2, 0.25) is 0 Å². The van der Waals surface area contributed by atoms with Gasteiger partial charge in [-0.15, -0.1) is 0 Å². The van der Waals surface area contributed by atoms with Crippen LogP contribution in [-0.4, -0.2) is 11.2 Å². The maximum Gasteiger partial charge on any atom is 0.0652 e. The zero-order valence-corrected chi connectivity index (χ0v) is 9.42. The average molecular weight is 194 g/mol. The molecule has 0 aromatic rings. The second kappa shape index (κ2) is 2.55. The second-order valence-electron chi connectivity index (χ2n) is 6.47. The Morgan fingerprint density at radius 3 is 2.43 bits per heavy atom. The van der Waals surface area contributed by atoms with Crippen LogP contribution in [0.25, 0.3) is 0 Å². The van der Waals surface area contributed by atoms with Gasteiger partial charge in [0.15, 0.2) is 0 Å². The molecule has 1 N–H and O–H groups in total. The van der Waals surface area contributed by atoms with Crippen molar-refractivity contribution in [1.82, 2.24) is 0 Å². The summed E-state index contributed by atoms with van der Waals surface area (Å²) in [6.07, 6.45) is 8.04. The lowest BCUT2D eigenvalue weighted by Gasteiger charge is -2.60. The Bertz CT molecular complexity index is 248. The van der Waals surface area contributed by atoms with E-state index < -0.39 is 0 Å². The highest BCUT2D eigenvalue weighted by Crippen LogP contribution is 2.65. The SMILES string of the molecule is CC12CCCC3CC1CCC3(C)C2O. The van der Waals surface area contributed by atoms with E-state index in [1.165, 1.54) is 38.5 Å². The van der Waals surface area contributed by atoms with E-state index in [-0.39, 0.29) is 16.9 Å². The minimum atomic E-state index is -0.0185. The van der Waals surface area contributed by atoms with Crippen LogP contribution in [0.4, 0.5) is 0 Å². The third kappa shape index (κ3) is 0.856. The minimum absolute atomic E-state index is 0.0185. The molecule has 4 bridgehead atoms. The average Bonchev–Trinajstić information content (AvgIpc) is 2.35. The van der Waals surface area contributed by atoms with Crippen LogP contribution >= 0.6 is 0 Å². The van der Waals surface area contributed by atoms with Gasteiger partial charge in [-0.25, -0.2) is 0 Å². The molecular weight excluding hydrogens is 172 g/mol. The molecular formula is C13H22O. The highest BCUT2D eigenvalue weighted by molar-refractivity contribution is 5.11. The van der Waals surface area contributed by atoms with Crippen LogP contribution in [0.2, 0.25) is 0 Å². The molecule has 0 aromatic carbocycles. The van der Waals surface area contributed by atoms with Crippen LogP contribution in [-0.2, 0) is 0 Å². The van der Waals surface area contributed by atoms with Gasteiger partial charge in [-0.3, -0.25) is 0 Å². The summed E-state index contributed by atoms with van der Waals surface area (Å²) in [5, 5.41) is 10.6. The Morgan fingerprint density at radius 1 is 1.00 bits per heavy atom. The Kier molecular flexibility index (Phi) is 1.68. The molecule has 5 aliphatic carbocycles. The number of fused-ring (bicyclic) bond motifs is 3. The maximum atomic E-state index is 10.6. The van der Waals surface area contributed by atoms with Gasteiger partial charge >= 0.3 is 0 Å². The van der Waals surface area contributed by atoms with Crippen molar-refractivity contribution in [1.29, 1.82) is 0 Å². The molecule has 0 radical (unpaired) electrons. The lowest BCUT2D eigenvalue weighted by Crippen LogP contribution is -2.59. The summed E-state index contributed by atoms with van der Waals surface area (Å²) >= 11 is 0. The van der Waals surface area contributed by atoms with Crippen molar-refractivity contribution in [3.8, 4) is 0 Å². The van der Waals surface area contributed by atoms with Crippen molar-refractivity contribution < 1.29 is 5.11 Å². The number of hydrogen-bond acceptors (Lipinski definition) is 1. The van der Waals surface area contributed by atoms with Crippen molar-refractivity contribution in [2.75, 3.05) is 0 Å². The highest BCUT2D eigenvalue weighted by atomic mass is 16.3. The van der Waals surface area contributed by atoms with Crippen LogP contribution in [0.15, 0.2) is 0 Å². The highest BCUT2D eigenvalue weighted by Gasteiger charge is 2.61. The van der Waals surface area contributed by atoms with E-state index in [0.29, 0.717) is 0 Å². The number of rotatable bonds is 0. The fourth-order valence-corrected chi connectivity index (χ4v) is 4.87. The lowest BCUT2D eigenvalue weighted by molar-refractivity contribution is -0.183. The quantitative estimate of drug-likeness (QED) is 0.628. The number of aliphatic hydroxyl groups is 1. The Morgan fingerprint density at radius 2 is 1.64 bits per heavy atom. The van der Waals surface area contributed by atoms with Gasteiger partial charge in [0.05, 0.1) is 6.10 Å². The van der Waals surface area contributed by atoms with Crippen molar-refractivity contribution in [2.24, 2.45) is 22.7 Å². The van der Waals surface area contributed by atoms with Crippen molar-refractivity contribution >= 4 is 0 Å². The molecule has 0 heterocycles. The van der Waals surface area contributed by atoms with Crippen LogP contribution < -0.4 is 0 Å². The summed E-state index contributed by atoms with van der Waals surface area (Å²) in [6, 6.07) is 0. The first kappa shape index (κ1) is 9.21. The summed E-state index contributed by atoms with van der Waals surface area (Å²) in [5.74, 6) is 1.65. The molecule has 80 valence electrons. The third-order valence-corrected chi connectivity index (χ3v) is 5.98. The van der Waals surface area contributed by atoms with Crippen LogP contribution in [0, 0.1) is 22.7 Å². The normalized spacial score (nSPS) is 61.5. The van der Waals surface area contributed by atoms with Crippen LogP contribution in [0.1, 0.15) is 52.4 Å². The summed E-state index contributed by atoms with van der Waals surface area (Å²) in [4.78, 5) is 0. The topological polar surface area (TPSA) is 20.2 Å². The lowest BCUT2D eigenvalue weighted by atomic mass is 9.46. The van der Waals surface area contributed by atoms with Crippen LogP contribution in [0.3, 0.4) is 0 Å². The fourth-order valence-electron chi connectivity index (χ4n) is 4.87. The molecule has 5 aliphatic rings. The van der Waals surface area contributed by atoms with Gasteiger partial charge < -0.3 is 5.11 Å². The first-order chi connectivity index (χ1) is 6.57. The second-order valence-corrected chi connectivity index (χ2v) is 6.47. The molecule has 5 atom stereocenters. The Labute approximate surface area is 86.9 Å². The molecule has 0 spiro atoms. The first-order valence-corrected chi connectivity index (χ1v) is 6.25. The van der Waals surface area contributed by atoms with E-state index in [0.717, 1.165) is 11.8 Å². The molecule has 0 aliphatic heterocycles. The van der Waals surface area contributed by atoms with E-state index in [2.05, 4.69) is 13.8 Å². The molecule has 14 heavy (non-hydrogen) atoms. The van der Waals surface area contributed by atoms with E-state index >= 15 is 0 Å². The van der Waals surface area contributed by atoms with Gasteiger partial charge in [-0.2, -0.15) is 0 Å². The molecule has 0 saturated heterocycles. The summed E-state index contributed by atoms with van der Waals surface area (Å²) in [6.45, 7) is 4.70. The minimum Gasteiger partial charge on any atom is -0.392 e. The smallest absolute Gasteiger partial charge is 0.0652 e. The summed E-state index contributed by atoms with van der Waals surface area (Å²) in [5.41, 5.74) is 0.528. The summed E-state index contributed by atoms with van der Waals surface area (Å²) in [7, 11) is 0. The first-order valence-electron chi connectivity index (χ1n) is 6.25. The molecule has 5 fully saturated rings. The third-order valence-electron chi connectivity index (χ3n) is 5.98. The van der Waals surface area contributed by atoms with Gasteiger partial charge in [0, 0.05) is 0 Å². The van der Waals surface area contributed by atoms with Gasteiger partial charge in [-0.05, 0) is 54.8 Å². The predicted molar refractivity (Wildman–Crippen MR) is 56.9 cm³/mol. The number of hydrogen-bond donors (Lipinski definition) is 1. The van der Waals surface area contributed by atoms with E-state index in [1.807, 2.05) is 0 Å². The molecule has 5 rings (SSSR count). The zero-order valence-electron chi connectivity index (χ0n) is 9.42. The standard InChI is InChI=1S/C13H22O/c1-12-6-3-4-9-8-10(12)5-7-13(9,2)11(12)14/h9-11,14H,3-8H2,1-2H3. The molecule has 0 amide bonds. The van der Waals surface area contributed by atoms with E-state index in [1.54, 1.807) is 0 Å². The number of aliphatic hydroxyl groups excluding tert-OH is 1. The van der Waals surface area contributed by atoms with Crippen molar-refractivity contribution in [3.05, 3.63) is 0 Å². The van der Waals surface area contributed by atoms with Gasteiger partial charge in [0.1, 0.15) is 0 Å². The molecule has 0 aromatic heterocycles. The van der Waals surface area contributed by atoms with Crippen molar-refractivity contribution in [3.63, 3.8) is 0 Å². The Hall–Kier alpha value is -0.0400. The van der Waals surface area contributed by atoms with Crippen LogP contribution in [0.5, 0.6) is 0 Å². The van der Waals surface area contributed by atoms with Crippen molar-refractivity contribution in [2.45, 2.75) is 58.5 Å². The van der Waals surface area contributed by atoms with Gasteiger partial charge in [0.25, 0.3) is 0 Å². The molecule has 1 nitrogen and oxygen atoms in total. The Balaban J connectivity index is 2.10. The maximum absolute atomic E-state index is 10.6. The summed E-state index contributed by atoms with van der Waals surface area (Å²) < 4.78 is 0. The van der Waals surface area contributed by atoms with E-state index in [4.69, 9.17) is 0 Å². The predicted octanol–water partition coefficient (Wildman–Crippen LogP) is 2.97. The van der Waals surface area contributed by atoms with Gasteiger partial charge in [-0.1, -0.05) is 20.3 Å².